The fourth-order valence-electron chi connectivity index (χ4n) is 14.9. The third kappa shape index (κ3) is 24.3. The third-order valence-corrected chi connectivity index (χ3v) is 20.8. The van der Waals surface area contributed by atoms with Crippen molar-refractivity contribution < 1.29 is 87.9 Å². The Labute approximate surface area is 853 Å². The van der Waals surface area contributed by atoms with E-state index in [0.717, 1.165) is 109 Å². The maximum absolute atomic E-state index is 12.9. The first-order valence-electron chi connectivity index (χ1n) is 42.0. The van der Waals surface area contributed by atoms with Gasteiger partial charge in [0.15, 0.2) is 51.2 Å². The predicted octanol–water partition coefficient (Wildman–Crippen LogP) is 9.61. The van der Waals surface area contributed by atoms with E-state index in [1.54, 1.807) is 85.4 Å². The van der Waals surface area contributed by atoms with Crippen LogP contribution in [0.1, 0.15) is 76.5 Å². The Morgan fingerprint density at radius 1 is 0.289 bits per heavy atom. The molecule has 0 saturated heterocycles. The van der Waals surface area contributed by atoms with E-state index in [-0.39, 0.29) is 136 Å². The van der Waals surface area contributed by atoms with Gasteiger partial charge in [-0.2, -0.15) is 48.9 Å². The molecule has 142 heavy (non-hydrogen) atoms. The van der Waals surface area contributed by atoms with Gasteiger partial charge < -0.3 is 40.6 Å². The number of nitrogens with zero attached hydrogens (tertiary/aromatic N) is 30. The van der Waals surface area contributed by atoms with E-state index >= 15 is 0 Å². The largest absolute Gasteiger partial charge is 2.00 e. The minimum atomic E-state index is -4.69. The van der Waals surface area contributed by atoms with Gasteiger partial charge in [-0.3, -0.25) is 19.9 Å². The summed E-state index contributed by atoms with van der Waals surface area (Å²) >= 11 is 0. The predicted molar refractivity (Wildman–Crippen MR) is 510 cm³/mol. The molecule has 20 aromatic heterocycles. The molecule has 0 radical (unpaired) electrons. The average Bonchev–Trinajstić information content (AvgIpc) is 1.65. The van der Waals surface area contributed by atoms with Crippen LogP contribution in [0.3, 0.4) is 0 Å². The van der Waals surface area contributed by atoms with Crippen LogP contribution in [0, 0.1) is 69.2 Å². The van der Waals surface area contributed by atoms with Crippen LogP contribution in [0.15, 0.2) is 243 Å². The van der Waals surface area contributed by atoms with Crippen LogP contribution >= 0.6 is 0 Å². The molecule has 680 valence electrons. The molecule has 0 aliphatic rings. The van der Waals surface area contributed by atoms with E-state index in [4.69, 9.17) is 0 Å². The minimum absolute atomic E-state index is 0. The van der Waals surface area contributed by atoms with Gasteiger partial charge in [0, 0.05) is 113 Å². The number of benzene rings is 2. The molecule has 0 aliphatic carbocycles. The second-order valence-electron chi connectivity index (χ2n) is 30.6. The second kappa shape index (κ2) is 47.2. The Morgan fingerprint density at radius 2 is 0.620 bits per heavy atom. The Kier molecular flexibility index (Phi) is 36.4. The van der Waals surface area contributed by atoms with Gasteiger partial charge in [0.05, 0.1) is 73.9 Å². The van der Waals surface area contributed by atoms with Gasteiger partial charge in [0.1, 0.15) is 17.1 Å². The summed E-state index contributed by atoms with van der Waals surface area (Å²) in [5.41, 5.74) is 20.1. The molecule has 2 aromatic carbocycles. The molecular formula is C95H80Be5F3N30O7Zn2+7. The van der Waals surface area contributed by atoms with Crippen molar-refractivity contribution in [1.29, 1.82) is 0 Å². The van der Waals surface area contributed by atoms with Gasteiger partial charge in [-0.25, -0.2) is 75.9 Å². The van der Waals surface area contributed by atoms with Crippen LogP contribution < -0.4 is 40.6 Å². The summed E-state index contributed by atoms with van der Waals surface area (Å²) in [6.45, 7) is 24.9. The summed E-state index contributed by atoms with van der Waals surface area (Å²) in [6, 6.07) is 62.9. The number of pyridine rings is 4. The number of hydrogen-bond acceptors (Lipinski definition) is 28. The van der Waals surface area contributed by atoms with Crippen LogP contribution in [-0.2, 0) is 45.1 Å². The summed E-state index contributed by atoms with van der Waals surface area (Å²) < 4.78 is 52.7. The molecule has 0 bridgehead atoms. The first kappa shape index (κ1) is 110. The van der Waals surface area contributed by atoms with E-state index in [2.05, 4.69) is 119 Å². The smallest absolute Gasteiger partial charge is 0.859 e. The maximum Gasteiger partial charge on any atom is 2.00 e. The standard InChI is InChI=1S/2C17H12N4O.C13H12N4O.C12H7F3N4O.2C12H13N5O.C12H18N4O.5Be.2Zn/c2*22-17-11-15(13-8-4-5-9-18-13)21-16(19-17)10-14(20-21)12-6-2-1-3-7-12;1-8-7-11(18)15-13-12(9(2)16-17(8)13)10-5-3-4-6-14-10;13-12(14,15)9-6-11(20)17-10-5-8(18-19(9)10)7-3-1-2-4-16-7;2*1-7-4-8(2)17(14-7)11-6-10-13-12(18)5-9(3)16(10)15-11;1-5-15(6-2)11-9(4)14-16-8(3)7-10(17)13-12(11)16;;;;;;;/h2*1-11H,(H,19,22);3-7H,1-2H3,(H,15,18);1-6H,(H,17,20);2*4-6H,1-3H3,(H,13,18);7H,5-6H2,1-4H3,(H,13,17);;;;;;;/q;;;;;;;7*+2/p-7. The summed E-state index contributed by atoms with van der Waals surface area (Å²) in [7, 11) is 0. The van der Waals surface area contributed by atoms with E-state index in [1.807, 2.05) is 209 Å². The molecular weight excluding hydrogens is 1910 g/mol. The molecule has 47 heteroatoms. The maximum atomic E-state index is 12.9. The quantitative estimate of drug-likeness (QED) is 0.109. The number of alkyl halides is 3. The number of aromatic nitrogens is 29. The Bertz CT molecular complexity index is 7760. The fraction of sp³-hybridized carbons (Fsp3) is 0.158. The molecule has 0 aliphatic heterocycles. The van der Waals surface area contributed by atoms with Crippen molar-refractivity contribution in [2.45, 2.75) is 89.3 Å². The summed E-state index contributed by atoms with van der Waals surface area (Å²) in [5, 5.41) is 120. The number of anilines is 1. The molecule has 22 rings (SSSR count). The monoisotopic (exact) mass is 1980 g/mol. The topological polar surface area (TPSA) is 463 Å². The summed E-state index contributed by atoms with van der Waals surface area (Å²) in [6.07, 6.45) is 1.90. The minimum Gasteiger partial charge on any atom is -0.859 e. The second-order valence-corrected chi connectivity index (χ2v) is 30.6. The van der Waals surface area contributed by atoms with E-state index in [9.17, 15) is 48.9 Å². The summed E-state index contributed by atoms with van der Waals surface area (Å²) in [5.74, 6) is -1.18. The van der Waals surface area contributed by atoms with Crippen molar-refractivity contribution in [2.24, 2.45) is 0 Å². The molecule has 0 atom stereocenters. The average molecular weight is 1990 g/mol. The van der Waals surface area contributed by atoms with Gasteiger partial charge in [0.2, 0.25) is 0 Å². The number of aryl methyl sites for hydroxylation is 10. The molecule has 0 amide bonds. The number of halogens is 3. The van der Waals surface area contributed by atoms with Gasteiger partial charge in [-0.05, 0) is 227 Å². The fourth-order valence-corrected chi connectivity index (χ4v) is 14.9. The first-order valence-corrected chi connectivity index (χ1v) is 42.0. The van der Waals surface area contributed by atoms with Crippen molar-refractivity contribution in [2.75, 3.05) is 18.0 Å². The number of fused-ring (bicyclic) bond motifs is 7. The zero-order valence-electron chi connectivity index (χ0n) is 79.4. The molecule has 0 N–H and O–H groups in total. The number of hydrogen-bond donors (Lipinski definition) is 0. The van der Waals surface area contributed by atoms with Crippen LogP contribution in [0.5, 0.6) is 41.2 Å². The van der Waals surface area contributed by atoms with E-state index < -0.39 is 17.8 Å². The Balaban J connectivity index is 0.000000184. The van der Waals surface area contributed by atoms with Crippen molar-refractivity contribution in [3.63, 3.8) is 0 Å². The molecule has 0 saturated carbocycles. The zero-order valence-corrected chi connectivity index (χ0v) is 85.3. The van der Waals surface area contributed by atoms with E-state index in [1.165, 1.54) is 48.7 Å². The normalized spacial score (nSPS) is 10.6. The molecule has 37 nitrogen and oxygen atoms in total. The van der Waals surface area contributed by atoms with Crippen LogP contribution in [0.25, 0.3) is 119 Å². The molecule has 0 fully saturated rings. The van der Waals surface area contributed by atoms with Crippen molar-refractivity contribution >= 4 is 95.8 Å². The Hall–Kier alpha value is -15.9. The van der Waals surface area contributed by atoms with Crippen LogP contribution in [-0.4, -0.2) is 205 Å². The summed E-state index contributed by atoms with van der Waals surface area (Å²) in [4.78, 5) is 46.6. The van der Waals surface area contributed by atoms with Crippen molar-refractivity contribution in [3.8, 4) is 121 Å². The van der Waals surface area contributed by atoms with Gasteiger partial charge in [-0.15, -0.1) is 10.2 Å². The molecule has 20 heterocycles. The van der Waals surface area contributed by atoms with Gasteiger partial charge in [-0.1, -0.05) is 84.9 Å². The van der Waals surface area contributed by atoms with E-state index in [0.29, 0.717) is 84.6 Å². The third-order valence-electron chi connectivity index (χ3n) is 20.8. The molecule has 22 aromatic rings. The van der Waals surface area contributed by atoms with Gasteiger partial charge in [0.25, 0.3) is 0 Å². The Morgan fingerprint density at radius 3 is 1.01 bits per heavy atom. The van der Waals surface area contributed by atoms with Crippen molar-refractivity contribution in [1.82, 2.24) is 142 Å². The first-order chi connectivity index (χ1) is 64.9. The molecule has 0 spiro atoms. The van der Waals surface area contributed by atoms with Crippen molar-refractivity contribution in [3.05, 3.63) is 306 Å². The zero-order chi connectivity index (χ0) is 95.2. The SMILES string of the molecule is CCN(CC)c1c(C)nn2c(C)cc([O-])nc12.Cc1cc(C)n(-c2cc3nc([O-])cc(C)n3n2)n1.Cc1cc(C)n(-c2cc3nc([O-])cc(C)n3n2)n1.Cc1nn2c(C)cc([O-])nc2c1-c1ccccn1.[Be+2].[Be+2].[Be+2].[Be+2].[Be+2].[O-]c1cc(-c2ccccn2)n2nc(-c3ccccc3)cc2n1.[O-]c1cc(-c2ccccn2)n2nc(-c3ccccc3)cc2n1.[O-]c1cc(C(F)(F)F)n2nc(-c3ccccn3)cc2n1.[Zn+2].[Zn+2]. The van der Waals surface area contributed by atoms with Crippen LogP contribution in [0.4, 0.5) is 18.9 Å². The number of rotatable bonds is 11. The molecule has 0 unspecified atom stereocenters. The van der Waals surface area contributed by atoms with Gasteiger partial charge >= 0.3 is 95.7 Å². The van der Waals surface area contributed by atoms with Crippen LogP contribution in [0.2, 0.25) is 0 Å².